The molecule has 2 nitrogen and oxygen atoms in total. The minimum absolute atomic E-state index is 0.00894. The van der Waals surface area contributed by atoms with E-state index >= 15 is 0 Å². The molecule has 0 saturated heterocycles. The fourth-order valence-electron chi connectivity index (χ4n) is 2.18. The van der Waals surface area contributed by atoms with E-state index in [1.807, 2.05) is 26.0 Å². The molecule has 2 rings (SSSR count). The summed E-state index contributed by atoms with van der Waals surface area (Å²) in [6, 6.07) is 8.21. The number of hydrogen-bond acceptors (Lipinski definition) is 1. The summed E-state index contributed by atoms with van der Waals surface area (Å²) in [5, 5.41) is 3.05. The highest BCUT2D eigenvalue weighted by Crippen LogP contribution is 2.63. The molecule has 0 bridgehead atoms. The van der Waals surface area contributed by atoms with Crippen LogP contribution in [-0.4, -0.2) is 10.2 Å². The zero-order valence-corrected chi connectivity index (χ0v) is 13.0. The number of aryl methyl sites for hydroxylation is 1. The molecule has 1 aromatic carbocycles. The van der Waals surface area contributed by atoms with Gasteiger partial charge in [0.2, 0.25) is 5.91 Å². The summed E-state index contributed by atoms with van der Waals surface area (Å²) in [6.07, 6.45) is 1.35. The van der Waals surface area contributed by atoms with Gasteiger partial charge >= 0.3 is 0 Å². The molecule has 0 aromatic heterocycles. The zero-order chi connectivity index (χ0) is 14.3. The van der Waals surface area contributed by atoms with Crippen LogP contribution in [0, 0.1) is 12.3 Å². The maximum Gasteiger partial charge on any atom is 0.229 e. The van der Waals surface area contributed by atoms with E-state index in [0.29, 0.717) is 6.42 Å². The molecule has 19 heavy (non-hydrogen) atoms. The fraction of sp³-hybridized carbons (Fsp3) is 0.533. The van der Waals surface area contributed by atoms with E-state index in [0.717, 1.165) is 12.0 Å². The van der Waals surface area contributed by atoms with Gasteiger partial charge in [0.25, 0.3) is 0 Å². The van der Waals surface area contributed by atoms with Crippen molar-refractivity contribution in [2.24, 2.45) is 5.41 Å². The summed E-state index contributed by atoms with van der Waals surface area (Å²) in [7, 11) is 0. The average Bonchev–Trinajstić information content (AvgIpc) is 2.88. The Kier molecular flexibility index (Phi) is 3.85. The molecule has 0 unspecified atom stereocenters. The lowest BCUT2D eigenvalue weighted by Gasteiger charge is -2.21. The molecule has 1 aliphatic rings. The summed E-state index contributed by atoms with van der Waals surface area (Å²) >= 11 is 12.1. The third kappa shape index (κ3) is 2.75. The van der Waals surface area contributed by atoms with Gasteiger partial charge in [0.15, 0.2) is 0 Å². The maximum atomic E-state index is 12.3. The van der Waals surface area contributed by atoms with E-state index < -0.39 is 9.75 Å². The third-order valence-corrected chi connectivity index (χ3v) is 5.05. The van der Waals surface area contributed by atoms with Gasteiger partial charge in [0, 0.05) is 0 Å². The van der Waals surface area contributed by atoms with Crippen LogP contribution in [0.5, 0.6) is 0 Å². The number of carbonyl (C=O) groups is 1. The molecule has 4 heteroatoms. The Bertz CT molecular complexity index is 483. The van der Waals surface area contributed by atoms with Crippen LogP contribution in [0.3, 0.4) is 0 Å². The summed E-state index contributed by atoms with van der Waals surface area (Å²) in [5.41, 5.74) is 1.66. The topological polar surface area (TPSA) is 29.1 Å². The van der Waals surface area contributed by atoms with E-state index in [2.05, 4.69) is 24.4 Å². The SMILES string of the molecule is CC[C@@H](NC(=O)[C@]1(C)CC1(Cl)Cl)c1ccc(C)cc1. The van der Waals surface area contributed by atoms with Crippen LogP contribution in [0.25, 0.3) is 0 Å². The highest BCUT2D eigenvalue weighted by molar-refractivity contribution is 6.53. The molecule has 0 heterocycles. The predicted molar refractivity (Wildman–Crippen MR) is 79.5 cm³/mol. The monoisotopic (exact) mass is 299 g/mol. The first-order valence-electron chi connectivity index (χ1n) is 6.55. The minimum Gasteiger partial charge on any atom is -0.349 e. The van der Waals surface area contributed by atoms with E-state index in [-0.39, 0.29) is 11.9 Å². The standard InChI is InChI=1S/C15H19Cl2NO/c1-4-12(11-7-5-10(2)6-8-11)18-13(19)14(3)9-15(14,16)17/h5-8,12H,4,9H2,1-3H3,(H,18,19)/t12-,14+/m1/s1. The second-order valence-corrected chi connectivity index (χ2v) is 7.04. The van der Waals surface area contributed by atoms with E-state index in [9.17, 15) is 4.79 Å². The van der Waals surface area contributed by atoms with Crippen LogP contribution >= 0.6 is 23.2 Å². The minimum atomic E-state index is -0.914. The van der Waals surface area contributed by atoms with Crippen LogP contribution < -0.4 is 5.32 Å². The fourth-order valence-corrected chi connectivity index (χ4v) is 2.89. The smallest absolute Gasteiger partial charge is 0.229 e. The van der Waals surface area contributed by atoms with Crippen LogP contribution in [-0.2, 0) is 4.79 Å². The normalized spacial score (nSPS) is 25.7. The van der Waals surface area contributed by atoms with E-state index in [4.69, 9.17) is 23.2 Å². The lowest BCUT2D eigenvalue weighted by molar-refractivity contribution is -0.126. The molecule has 104 valence electrons. The van der Waals surface area contributed by atoms with E-state index in [1.54, 1.807) is 0 Å². The van der Waals surface area contributed by atoms with Crippen molar-refractivity contribution in [1.29, 1.82) is 0 Å². The van der Waals surface area contributed by atoms with Crippen molar-refractivity contribution >= 4 is 29.1 Å². The lowest BCUT2D eigenvalue weighted by atomic mass is 10.0. The second kappa shape index (κ2) is 4.99. The van der Waals surface area contributed by atoms with Crippen LogP contribution in [0.15, 0.2) is 24.3 Å². The number of rotatable bonds is 4. The third-order valence-electron chi connectivity index (χ3n) is 3.95. The molecular weight excluding hydrogens is 281 g/mol. The molecule has 1 aliphatic carbocycles. The molecule has 1 fully saturated rings. The van der Waals surface area contributed by atoms with Gasteiger partial charge in [-0.3, -0.25) is 4.79 Å². The van der Waals surface area contributed by atoms with Gasteiger partial charge in [0.1, 0.15) is 4.33 Å². The van der Waals surface area contributed by atoms with Gasteiger partial charge in [-0.05, 0) is 32.3 Å². The maximum absolute atomic E-state index is 12.3. The van der Waals surface area contributed by atoms with Crippen molar-refractivity contribution in [3.05, 3.63) is 35.4 Å². The summed E-state index contributed by atoms with van der Waals surface area (Å²) < 4.78 is -0.914. The molecule has 1 saturated carbocycles. The van der Waals surface area contributed by atoms with Crippen molar-refractivity contribution in [3.8, 4) is 0 Å². The van der Waals surface area contributed by atoms with Gasteiger partial charge in [-0.2, -0.15) is 0 Å². The summed E-state index contributed by atoms with van der Waals surface area (Å²) in [4.78, 5) is 12.3. The number of hydrogen-bond donors (Lipinski definition) is 1. The largest absolute Gasteiger partial charge is 0.349 e. The number of halogens is 2. The van der Waals surface area contributed by atoms with Crippen molar-refractivity contribution in [3.63, 3.8) is 0 Å². The first-order chi connectivity index (χ1) is 8.80. The van der Waals surface area contributed by atoms with Crippen molar-refractivity contribution < 1.29 is 4.79 Å². The van der Waals surface area contributed by atoms with Gasteiger partial charge < -0.3 is 5.32 Å². The molecule has 1 aromatic rings. The highest BCUT2D eigenvalue weighted by atomic mass is 35.5. The summed E-state index contributed by atoms with van der Waals surface area (Å²) in [5.74, 6) is -0.0649. The highest BCUT2D eigenvalue weighted by Gasteiger charge is 2.68. The first-order valence-corrected chi connectivity index (χ1v) is 7.31. The van der Waals surface area contributed by atoms with Gasteiger partial charge in [-0.25, -0.2) is 0 Å². The molecule has 0 spiro atoms. The van der Waals surface area contributed by atoms with Gasteiger partial charge in [-0.15, -0.1) is 23.2 Å². The molecule has 2 atom stereocenters. The number of amides is 1. The second-order valence-electron chi connectivity index (χ2n) is 5.56. The zero-order valence-electron chi connectivity index (χ0n) is 11.5. The van der Waals surface area contributed by atoms with Crippen LogP contribution in [0.4, 0.5) is 0 Å². The van der Waals surface area contributed by atoms with E-state index in [1.165, 1.54) is 5.56 Å². The Morgan fingerprint density at radius 3 is 2.32 bits per heavy atom. The number of nitrogens with one attached hydrogen (secondary N) is 1. The Labute approximate surface area is 124 Å². The summed E-state index contributed by atoms with van der Waals surface area (Å²) in [6.45, 7) is 5.91. The molecule has 1 N–H and O–H groups in total. The Morgan fingerprint density at radius 2 is 1.89 bits per heavy atom. The van der Waals surface area contributed by atoms with Crippen molar-refractivity contribution in [2.75, 3.05) is 0 Å². The van der Waals surface area contributed by atoms with Gasteiger partial charge in [-0.1, -0.05) is 36.8 Å². The predicted octanol–water partition coefficient (Wildman–Crippen LogP) is 4.15. The lowest BCUT2D eigenvalue weighted by Crippen LogP contribution is -2.36. The van der Waals surface area contributed by atoms with Crippen molar-refractivity contribution in [1.82, 2.24) is 5.32 Å². The quantitative estimate of drug-likeness (QED) is 0.832. The molecule has 0 aliphatic heterocycles. The molecular formula is C15H19Cl2NO. The number of alkyl halides is 2. The Morgan fingerprint density at radius 1 is 1.37 bits per heavy atom. The Hall–Kier alpha value is -0.730. The number of carbonyl (C=O) groups excluding carboxylic acids is 1. The van der Waals surface area contributed by atoms with Crippen molar-refractivity contribution in [2.45, 2.75) is 44.0 Å². The van der Waals surface area contributed by atoms with Gasteiger partial charge in [0.05, 0.1) is 11.5 Å². The Balaban J connectivity index is 2.08. The average molecular weight is 300 g/mol. The number of benzene rings is 1. The molecule has 1 amide bonds. The van der Waals surface area contributed by atoms with Crippen LogP contribution in [0.2, 0.25) is 0 Å². The first kappa shape index (κ1) is 14.7. The van der Waals surface area contributed by atoms with Crippen LogP contribution in [0.1, 0.15) is 43.9 Å². The molecule has 0 radical (unpaired) electrons.